The fourth-order valence-electron chi connectivity index (χ4n) is 11.3. The number of fused-ring (bicyclic) bond motifs is 6. The van der Waals surface area contributed by atoms with Crippen molar-refractivity contribution in [2.75, 3.05) is 0 Å². The van der Waals surface area contributed by atoms with Crippen molar-refractivity contribution in [3.63, 3.8) is 0 Å². The maximum atomic E-state index is 2.49. The van der Waals surface area contributed by atoms with E-state index in [1.54, 1.807) is 0 Å². The molecule has 0 saturated heterocycles. The minimum atomic E-state index is -2.87. The summed E-state index contributed by atoms with van der Waals surface area (Å²) < 4.78 is 4.95. The van der Waals surface area contributed by atoms with Gasteiger partial charge in [0.1, 0.15) is 0 Å². The molecule has 0 radical (unpaired) electrons. The van der Waals surface area contributed by atoms with Crippen molar-refractivity contribution in [3.05, 3.63) is 279 Å². The van der Waals surface area contributed by atoms with Crippen LogP contribution in [0.15, 0.2) is 279 Å². The third kappa shape index (κ3) is 6.62. The van der Waals surface area contributed by atoms with E-state index in [2.05, 4.69) is 288 Å². The van der Waals surface area contributed by atoms with Crippen LogP contribution in [0.2, 0.25) is 0 Å². The second-order valence-corrected chi connectivity index (χ2v) is 21.8. The van der Waals surface area contributed by atoms with E-state index in [0.29, 0.717) is 0 Å². The Morgan fingerprint density at radius 2 is 0.681 bits per heavy atom. The van der Waals surface area contributed by atoms with Crippen molar-refractivity contribution in [1.82, 2.24) is 9.13 Å². The quantitative estimate of drug-likeness (QED) is 0.101. The van der Waals surface area contributed by atoms with Gasteiger partial charge in [-0.2, -0.15) is 0 Å². The van der Waals surface area contributed by atoms with Gasteiger partial charge in [-0.05, 0) is 103 Å². The lowest BCUT2D eigenvalue weighted by Gasteiger charge is -2.35. The lowest BCUT2D eigenvalue weighted by atomic mass is 9.92. The van der Waals surface area contributed by atoms with E-state index >= 15 is 0 Å². The number of nitrogens with zero attached hydrogens (tertiary/aromatic N) is 2. The largest absolute Gasteiger partial charge is 0.309 e. The zero-order valence-corrected chi connectivity index (χ0v) is 39.0. The number of rotatable bonds is 9. The van der Waals surface area contributed by atoms with Crippen molar-refractivity contribution in [2.45, 2.75) is 0 Å². The zero-order chi connectivity index (χ0) is 45.7. The summed E-state index contributed by atoms with van der Waals surface area (Å²) in [5.74, 6) is 0. The van der Waals surface area contributed by atoms with Gasteiger partial charge in [0.05, 0.1) is 22.1 Å². The van der Waals surface area contributed by atoms with Crippen LogP contribution in [0.4, 0.5) is 0 Å². The van der Waals surface area contributed by atoms with Crippen LogP contribution in [0.3, 0.4) is 0 Å². The molecule has 2 aromatic heterocycles. The Morgan fingerprint density at radius 3 is 1.38 bits per heavy atom. The van der Waals surface area contributed by atoms with Crippen LogP contribution in [0.25, 0.3) is 88.4 Å². The van der Waals surface area contributed by atoms with Crippen molar-refractivity contribution >= 4 is 72.4 Å². The van der Waals surface area contributed by atoms with Gasteiger partial charge in [-0.1, -0.05) is 231 Å². The van der Waals surface area contributed by atoms with Gasteiger partial charge in [-0.25, -0.2) is 0 Å². The van der Waals surface area contributed by atoms with Crippen LogP contribution < -0.4 is 20.7 Å². The third-order valence-corrected chi connectivity index (χ3v) is 19.1. The fourth-order valence-corrected chi connectivity index (χ4v) is 16.0. The SMILES string of the molecule is c1ccc(-c2ccc([Si](c3ccccc3)(c3ccccc3)c3cccc(-n4c5ccccc5c5cc(-n6c7ccccc7c7c(-c8ccccc8-c8ccccc8)cccc76)ccc54)c3)cc2)cc1. The van der Waals surface area contributed by atoms with Gasteiger partial charge in [0.25, 0.3) is 0 Å². The Balaban J connectivity index is 1.00. The standard InChI is InChI=1S/C66H46N2Si/c1-5-21-47(22-6-1)48-39-42-54(43-40-48)69(52-26-9-3-10-27-52,53-28-11-4-12-29-53)55-30-19-25-50(45-55)67-62-36-17-15-33-58(62)61-46-51(41-44-64(61)67)68-63-37-18-16-34-60(63)66-59(35-20-38-65(66)68)57-32-14-13-31-56(57)49-23-7-2-8-24-49/h1-46H. The number of benzene rings is 11. The Morgan fingerprint density at radius 1 is 0.232 bits per heavy atom. The topological polar surface area (TPSA) is 9.86 Å². The summed E-state index contributed by atoms with van der Waals surface area (Å²) in [6, 6.07) is 103. The molecule has 0 aliphatic heterocycles. The molecule has 2 nitrogen and oxygen atoms in total. The first-order valence-electron chi connectivity index (χ1n) is 23.8. The average molecular weight is 895 g/mol. The second-order valence-electron chi connectivity index (χ2n) is 18.0. The molecule has 0 fully saturated rings. The van der Waals surface area contributed by atoms with Gasteiger partial charge in [0.2, 0.25) is 0 Å². The van der Waals surface area contributed by atoms with Crippen LogP contribution in [-0.2, 0) is 0 Å². The first-order chi connectivity index (χ1) is 34.3. The average Bonchev–Trinajstić information content (AvgIpc) is 3.95. The lowest BCUT2D eigenvalue weighted by Crippen LogP contribution is -2.74. The molecule has 3 heteroatoms. The molecule has 0 aliphatic carbocycles. The summed E-state index contributed by atoms with van der Waals surface area (Å²) in [6.45, 7) is 0. The lowest BCUT2D eigenvalue weighted by molar-refractivity contribution is 1.17. The summed E-state index contributed by atoms with van der Waals surface area (Å²) in [4.78, 5) is 0. The van der Waals surface area contributed by atoms with E-state index < -0.39 is 8.07 Å². The molecule has 0 saturated carbocycles. The minimum absolute atomic E-state index is 1.14. The molecule has 13 rings (SSSR count). The highest BCUT2D eigenvalue weighted by atomic mass is 28.3. The van der Waals surface area contributed by atoms with Crippen LogP contribution in [0.5, 0.6) is 0 Å². The number of para-hydroxylation sites is 2. The van der Waals surface area contributed by atoms with Gasteiger partial charge in [0, 0.05) is 32.9 Å². The molecular weight excluding hydrogens is 849 g/mol. The zero-order valence-electron chi connectivity index (χ0n) is 38.0. The predicted octanol–water partition coefficient (Wildman–Crippen LogP) is 14.3. The van der Waals surface area contributed by atoms with E-state index in [9.17, 15) is 0 Å². The molecule has 11 aromatic carbocycles. The summed E-state index contributed by atoms with van der Waals surface area (Å²) in [6.07, 6.45) is 0. The fraction of sp³-hybridized carbons (Fsp3) is 0. The van der Waals surface area contributed by atoms with Gasteiger partial charge < -0.3 is 9.13 Å². The summed E-state index contributed by atoms with van der Waals surface area (Å²) in [5.41, 5.74) is 14.4. The molecule has 0 amide bonds. The van der Waals surface area contributed by atoms with E-state index in [4.69, 9.17) is 0 Å². The predicted molar refractivity (Wildman–Crippen MR) is 295 cm³/mol. The Labute approximate surface area is 403 Å². The maximum absolute atomic E-state index is 2.87. The highest BCUT2D eigenvalue weighted by molar-refractivity contribution is 7.19. The molecule has 0 unspecified atom stereocenters. The molecule has 13 aromatic rings. The summed E-state index contributed by atoms with van der Waals surface area (Å²) in [7, 11) is -2.87. The molecule has 69 heavy (non-hydrogen) atoms. The molecule has 324 valence electrons. The van der Waals surface area contributed by atoms with E-state index in [0.717, 1.165) is 11.4 Å². The molecular formula is C66H46N2Si. The minimum Gasteiger partial charge on any atom is -0.309 e. The Hall–Kier alpha value is -8.76. The highest BCUT2D eigenvalue weighted by Gasteiger charge is 2.41. The molecule has 0 spiro atoms. The first kappa shape index (κ1) is 40.5. The molecule has 2 heterocycles. The van der Waals surface area contributed by atoms with Crippen LogP contribution >= 0.6 is 0 Å². The van der Waals surface area contributed by atoms with Crippen molar-refractivity contribution < 1.29 is 0 Å². The number of hydrogen-bond donors (Lipinski definition) is 0. The summed E-state index contributed by atoms with van der Waals surface area (Å²) >= 11 is 0. The van der Waals surface area contributed by atoms with Crippen molar-refractivity contribution in [3.8, 4) is 44.8 Å². The van der Waals surface area contributed by atoms with Crippen molar-refractivity contribution in [1.29, 1.82) is 0 Å². The molecule has 0 bridgehead atoms. The number of hydrogen-bond acceptors (Lipinski definition) is 0. The van der Waals surface area contributed by atoms with Crippen LogP contribution in [-0.4, -0.2) is 17.2 Å². The highest BCUT2D eigenvalue weighted by Crippen LogP contribution is 2.42. The van der Waals surface area contributed by atoms with E-state index in [1.165, 1.54) is 97.7 Å². The van der Waals surface area contributed by atoms with Gasteiger partial charge in [-0.3, -0.25) is 0 Å². The van der Waals surface area contributed by atoms with Crippen molar-refractivity contribution in [2.24, 2.45) is 0 Å². The van der Waals surface area contributed by atoms with E-state index in [-0.39, 0.29) is 0 Å². The first-order valence-corrected chi connectivity index (χ1v) is 25.8. The normalized spacial score (nSPS) is 11.8. The monoisotopic (exact) mass is 894 g/mol. The second kappa shape index (κ2) is 16.8. The van der Waals surface area contributed by atoms with Gasteiger partial charge >= 0.3 is 0 Å². The molecule has 0 atom stereocenters. The van der Waals surface area contributed by atoms with Gasteiger partial charge in [-0.15, -0.1) is 0 Å². The Bertz CT molecular complexity index is 3940. The van der Waals surface area contributed by atoms with Crippen LogP contribution in [0, 0.1) is 0 Å². The summed E-state index contributed by atoms with van der Waals surface area (Å²) in [5, 5.41) is 10.3. The van der Waals surface area contributed by atoms with Gasteiger partial charge in [0.15, 0.2) is 8.07 Å². The van der Waals surface area contributed by atoms with Crippen LogP contribution in [0.1, 0.15) is 0 Å². The van der Waals surface area contributed by atoms with E-state index in [1.807, 2.05) is 0 Å². The third-order valence-electron chi connectivity index (χ3n) is 14.3. The maximum Gasteiger partial charge on any atom is 0.179 e. The smallest absolute Gasteiger partial charge is 0.179 e. The molecule has 0 N–H and O–H groups in total. The number of aromatic nitrogens is 2. The Kier molecular flexibility index (Phi) is 9.88. The molecule has 0 aliphatic rings.